The highest BCUT2D eigenvalue weighted by atomic mass is 35.5. The highest BCUT2D eigenvalue weighted by molar-refractivity contribution is 6.31. The summed E-state index contributed by atoms with van der Waals surface area (Å²) in [5.41, 5.74) is 0.104. The van der Waals surface area contributed by atoms with E-state index >= 15 is 0 Å². The van der Waals surface area contributed by atoms with Gasteiger partial charge in [-0.2, -0.15) is 0 Å². The summed E-state index contributed by atoms with van der Waals surface area (Å²) in [6.07, 6.45) is 0. The summed E-state index contributed by atoms with van der Waals surface area (Å²) < 4.78 is 4.76. The van der Waals surface area contributed by atoms with Gasteiger partial charge in [0.2, 0.25) is 0 Å². The zero-order chi connectivity index (χ0) is 15.1. The molecule has 0 aliphatic rings. The van der Waals surface area contributed by atoms with Crippen molar-refractivity contribution in [2.24, 2.45) is 0 Å². The van der Waals surface area contributed by atoms with Crippen LogP contribution < -0.4 is 5.32 Å². The number of hydrogen-bond donors (Lipinski definition) is 2. The van der Waals surface area contributed by atoms with Crippen LogP contribution in [0.3, 0.4) is 0 Å². The van der Waals surface area contributed by atoms with Crippen LogP contribution in [0.4, 0.5) is 5.69 Å². The molecule has 0 amide bonds. The number of benzene rings is 1. The Morgan fingerprint density at radius 2 is 2.30 bits per heavy atom. The summed E-state index contributed by atoms with van der Waals surface area (Å²) in [6, 6.07) is 3.36. The largest absolute Gasteiger partial charge is 0.465 e. The molecule has 0 aliphatic carbocycles. The molecule has 0 spiro atoms. The molecule has 0 bridgehead atoms. The third-order valence-electron chi connectivity index (χ3n) is 2.57. The highest BCUT2D eigenvalue weighted by Gasteiger charge is 2.21. The normalized spacial score (nSPS) is 11.9. The van der Waals surface area contributed by atoms with Crippen molar-refractivity contribution in [3.63, 3.8) is 0 Å². The first-order chi connectivity index (χ1) is 9.51. The number of hydrogen-bond acceptors (Lipinski definition) is 6. The van der Waals surface area contributed by atoms with E-state index < -0.39 is 23.5 Å². The van der Waals surface area contributed by atoms with E-state index in [4.69, 9.17) is 21.4 Å². The van der Waals surface area contributed by atoms with Crippen LogP contribution in [0, 0.1) is 10.1 Å². The molecule has 0 heterocycles. The van der Waals surface area contributed by atoms with Crippen LogP contribution in [0.25, 0.3) is 0 Å². The molecule has 0 unspecified atom stereocenters. The molecule has 0 saturated heterocycles. The smallest absolute Gasteiger partial charge is 0.325 e. The first-order valence-electron chi connectivity index (χ1n) is 5.93. The fraction of sp³-hybridized carbons (Fsp3) is 0.417. The van der Waals surface area contributed by atoms with Gasteiger partial charge in [-0.05, 0) is 13.0 Å². The van der Waals surface area contributed by atoms with E-state index in [1.165, 1.54) is 18.2 Å². The van der Waals surface area contributed by atoms with Crippen molar-refractivity contribution in [3.05, 3.63) is 38.9 Å². The maximum absolute atomic E-state index is 11.5. The molecule has 1 atom stereocenters. The number of nitrogens with one attached hydrogen (secondary N) is 1. The van der Waals surface area contributed by atoms with Crippen molar-refractivity contribution in [2.75, 3.05) is 13.2 Å². The van der Waals surface area contributed by atoms with E-state index in [0.29, 0.717) is 0 Å². The first kappa shape index (κ1) is 16.4. The van der Waals surface area contributed by atoms with Gasteiger partial charge in [-0.25, -0.2) is 0 Å². The van der Waals surface area contributed by atoms with Crippen molar-refractivity contribution >= 4 is 23.3 Å². The van der Waals surface area contributed by atoms with Gasteiger partial charge in [-0.1, -0.05) is 17.7 Å². The van der Waals surface area contributed by atoms with E-state index in [1.54, 1.807) is 6.92 Å². The van der Waals surface area contributed by atoms with E-state index in [-0.39, 0.29) is 29.4 Å². The number of nitrogens with zero attached hydrogens (tertiary/aromatic N) is 1. The lowest BCUT2D eigenvalue weighted by atomic mass is 10.1. The third kappa shape index (κ3) is 4.16. The van der Waals surface area contributed by atoms with Gasteiger partial charge in [0, 0.05) is 12.6 Å². The van der Waals surface area contributed by atoms with Crippen molar-refractivity contribution in [3.8, 4) is 0 Å². The quantitative estimate of drug-likeness (QED) is 0.447. The number of carbonyl (C=O) groups excluding carboxylic acids is 1. The Bertz CT molecular complexity index is 495. The van der Waals surface area contributed by atoms with Gasteiger partial charge in [0.15, 0.2) is 0 Å². The molecule has 1 aromatic carbocycles. The minimum Gasteiger partial charge on any atom is -0.465 e. The Morgan fingerprint density at radius 3 is 2.85 bits per heavy atom. The molecule has 0 aliphatic heterocycles. The zero-order valence-electron chi connectivity index (χ0n) is 10.8. The number of nitro benzene ring substituents is 1. The van der Waals surface area contributed by atoms with Crippen LogP contribution in [0.15, 0.2) is 18.2 Å². The van der Waals surface area contributed by atoms with Crippen LogP contribution >= 0.6 is 11.6 Å². The number of aliphatic hydroxyl groups is 1. The minimum absolute atomic E-state index is 0.0278. The van der Waals surface area contributed by atoms with E-state index in [0.717, 1.165) is 0 Å². The molecular formula is C12H15ClN2O5. The third-order valence-corrected chi connectivity index (χ3v) is 2.92. The number of rotatable bonds is 7. The number of aliphatic hydroxyl groups excluding tert-OH is 1. The van der Waals surface area contributed by atoms with E-state index in [2.05, 4.69) is 5.32 Å². The molecule has 110 valence electrons. The average molecular weight is 303 g/mol. The Kier molecular flexibility index (Phi) is 6.37. The SMILES string of the molecule is CCOC(=O)[C@@H](CO)NCc1c(Cl)cccc1[N+](=O)[O-]. The Balaban J connectivity index is 2.83. The van der Waals surface area contributed by atoms with Gasteiger partial charge in [0.1, 0.15) is 6.04 Å². The fourth-order valence-electron chi connectivity index (χ4n) is 1.58. The predicted molar refractivity (Wildman–Crippen MR) is 72.5 cm³/mol. The monoisotopic (exact) mass is 302 g/mol. The molecule has 1 aromatic rings. The van der Waals surface area contributed by atoms with Gasteiger partial charge in [-0.3, -0.25) is 20.2 Å². The molecule has 20 heavy (non-hydrogen) atoms. The van der Waals surface area contributed by atoms with Crippen LogP contribution in [0.2, 0.25) is 5.02 Å². The number of nitro groups is 1. The summed E-state index contributed by atoms with van der Waals surface area (Å²) in [7, 11) is 0. The molecule has 0 saturated carbocycles. The first-order valence-corrected chi connectivity index (χ1v) is 6.31. The maximum Gasteiger partial charge on any atom is 0.325 e. The topological polar surface area (TPSA) is 102 Å². The average Bonchev–Trinajstić information content (AvgIpc) is 2.40. The van der Waals surface area contributed by atoms with E-state index in [9.17, 15) is 14.9 Å². The number of esters is 1. The van der Waals surface area contributed by atoms with Gasteiger partial charge in [0.05, 0.1) is 28.7 Å². The van der Waals surface area contributed by atoms with Crippen molar-refractivity contribution in [1.82, 2.24) is 5.32 Å². The van der Waals surface area contributed by atoms with Crippen LogP contribution in [-0.4, -0.2) is 35.3 Å². The van der Waals surface area contributed by atoms with Crippen LogP contribution in [-0.2, 0) is 16.1 Å². The Hall–Kier alpha value is -1.70. The van der Waals surface area contributed by atoms with E-state index in [1.807, 2.05) is 0 Å². The number of ether oxygens (including phenoxy) is 1. The maximum atomic E-state index is 11.5. The lowest BCUT2D eigenvalue weighted by molar-refractivity contribution is -0.385. The summed E-state index contributed by atoms with van der Waals surface area (Å²) >= 11 is 5.92. The molecule has 0 fully saturated rings. The lowest BCUT2D eigenvalue weighted by Crippen LogP contribution is -2.40. The molecule has 1 rings (SSSR count). The molecule has 0 radical (unpaired) electrons. The van der Waals surface area contributed by atoms with Crippen molar-refractivity contribution in [1.29, 1.82) is 0 Å². The van der Waals surface area contributed by atoms with Crippen molar-refractivity contribution in [2.45, 2.75) is 19.5 Å². The summed E-state index contributed by atoms with van der Waals surface area (Å²) in [6.45, 7) is 1.33. The molecule has 0 aromatic heterocycles. The second-order valence-corrected chi connectivity index (χ2v) is 4.27. The van der Waals surface area contributed by atoms with Crippen LogP contribution in [0.5, 0.6) is 0 Å². The van der Waals surface area contributed by atoms with Crippen LogP contribution in [0.1, 0.15) is 12.5 Å². The second-order valence-electron chi connectivity index (χ2n) is 3.86. The van der Waals surface area contributed by atoms with Gasteiger partial charge in [0.25, 0.3) is 5.69 Å². The zero-order valence-corrected chi connectivity index (χ0v) is 11.6. The molecule has 8 heteroatoms. The predicted octanol–water partition coefficient (Wildman–Crippen LogP) is 1.26. The van der Waals surface area contributed by atoms with Gasteiger partial charge >= 0.3 is 5.97 Å². The minimum atomic E-state index is -0.953. The summed E-state index contributed by atoms with van der Waals surface area (Å²) in [5, 5.41) is 22.9. The highest BCUT2D eigenvalue weighted by Crippen LogP contribution is 2.25. The van der Waals surface area contributed by atoms with Gasteiger partial charge in [-0.15, -0.1) is 0 Å². The molecular weight excluding hydrogens is 288 g/mol. The summed E-state index contributed by atoms with van der Waals surface area (Å²) in [5.74, 6) is -0.621. The fourth-order valence-corrected chi connectivity index (χ4v) is 1.82. The number of halogens is 1. The standard InChI is InChI=1S/C12H15ClN2O5/c1-2-20-12(17)10(7-16)14-6-8-9(13)4-3-5-11(8)15(18)19/h3-5,10,14,16H,2,6-7H2,1H3/t10-/m1/s1. The number of carbonyl (C=O) groups is 1. The van der Waals surface area contributed by atoms with Crippen molar-refractivity contribution < 1.29 is 19.6 Å². The summed E-state index contributed by atoms with van der Waals surface area (Å²) in [4.78, 5) is 21.8. The van der Waals surface area contributed by atoms with Gasteiger partial charge < -0.3 is 9.84 Å². The second kappa shape index (κ2) is 7.78. The Morgan fingerprint density at radius 1 is 1.60 bits per heavy atom. The molecule has 7 nitrogen and oxygen atoms in total. The lowest BCUT2D eigenvalue weighted by Gasteiger charge is -2.15. The molecule has 2 N–H and O–H groups in total. The Labute approximate surface area is 120 Å².